The van der Waals surface area contributed by atoms with Gasteiger partial charge in [-0.2, -0.15) is 5.10 Å². The first kappa shape index (κ1) is 14.3. The number of nitrogens with two attached hydrogens (primary N) is 1. The highest BCUT2D eigenvalue weighted by Gasteiger charge is 2.26. The number of nitrogen functional groups attached to an aromatic ring is 1. The van der Waals surface area contributed by atoms with Gasteiger partial charge in [-0.15, -0.1) is 11.3 Å². The molecule has 0 saturated carbocycles. The van der Waals surface area contributed by atoms with Crippen molar-refractivity contribution in [2.45, 2.75) is 26.4 Å². The van der Waals surface area contributed by atoms with Gasteiger partial charge in [0.2, 0.25) is 0 Å². The number of hydrogen-bond acceptors (Lipinski definition) is 5. The molecule has 1 aliphatic heterocycles. The molecule has 0 bridgehead atoms. The highest BCUT2D eigenvalue weighted by Crippen LogP contribution is 2.36. The molecule has 0 aliphatic carbocycles. The van der Waals surface area contributed by atoms with E-state index in [0.29, 0.717) is 30.3 Å². The summed E-state index contributed by atoms with van der Waals surface area (Å²) in [5.74, 6) is 0.00505. The van der Waals surface area contributed by atoms with E-state index in [-0.39, 0.29) is 12.0 Å². The fourth-order valence-electron chi connectivity index (χ4n) is 2.81. The Bertz CT molecular complexity index is 691. The molecule has 1 amide bonds. The summed E-state index contributed by atoms with van der Waals surface area (Å²) in [6.45, 7) is 5.95. The number of aromatic nitrogens is 2. The summed E-state index contributed by atoms with van der Waals surface area (Å²) >= 11 is 1.42. The molecule has 0 aromatic carbocycles. The van der Waals surface area contributed by atoms with E-state index in [1.807, 2.05) is 25.8 Å². The largest absolute Gasteiger partial charge is 0.397 e. The number of ether oxygens (including phenoxy) is 1. The van der Waals surface area contributed by atoms with Crippen LogP contribution >= 0.6 is 11.3 Å². The van der Waals surface area contributed by atoms with E-state index in [1.165, 1.54) is 11.3 Å². The van der Waals surface area contributed by atoms with Crippen molar-refractivity contribution < 1.29 is 9.53 Å². The average Bonchev–Trinajstić information content (AvgIpc) is 2.81. The molecule has 1 unspecified atom stereocenters. The summed E-state index contributed by atoms with van der Waals surface area (Å²) in [6.07, 6.45) is 0.928. The first-order valence-electron chi connectivity index (χ1n) is 7.11. The van der Waals surface area contributed by atoms with Crippen LogP contribution in [0.4, 0.5) is 5.69 Å². The van der Waals surface area contributed by atoms with Crippen LogP contribution in [-0.4, -0.2) is 46.4 Å². The lowest BCUT2D eigenvalue weighted by Crippen LogP contribution is -2.35. The van der Waals surface area contributed by atoms with Crippen molar-refractivity contribution in [1.29, 1.82) is 0 Å². The molecular formula is C14H20N4O2S. The van der Waals surface area contributed by atoms with Crippen molar-refractivity contribution in [1.82, 2.24) is 14.7 Å². The molecule has 6 nitrogen and oxygen atoms in total. The number of nitrogens with zero attached hydrogens (tertiary/aromatic N) is 3. The lowest BCUT2D eigenvalue weighted by atomic mass is 10.2. The van der Waals surface area contributed by atoms with Gasteiger partial charge in [-0.25, -0.2) is 0 Å². The Kier molecular flexibility index (Phi) is 3.62. The minimum Gasteiger partial charge on any atom is -0.397 e. The van der Waals surface area contributed by atoms with E-state index in [9.17, 15) is 4.79 Å². The fourth-order valence-corrected chi connectivity index (χ4v) is 3.96. The van der Waals surface area contributed by atoms with Crippen molar-refractivity contribution in [2.75, 3.05) is 25.4 Å². The normalized spacial score (nSPS) is 20.0. The quantitative estimate of drug-likeness (QED) is 0.871. The van der Waals surface area contributed by atoms with Gasteiger partial charge in [-0.3, -0.25) is 9.48 Å². The molecule has 1 saturated heterocycles. The molecule has 21 heavy (non-hydrogen) atoms. The van der Waals surface area contributed by atoms with Crippen molar-refractivity contribution in [3.05, 3.63) is 10.6 Å². The molecule has 1 aliphatic rings. The molecule has 0 spiro atoms. The number of carbonyl (C=O) groups is 1. The third-order valence-electron chi connectivity index (χ3n) is 3.82. The molecule has 0 radical (unpaired) electrons. The molecule has 1 fully saturated rings. The number of rotatable bonds is 1. The van der Waals surface area contributed by atoms with Crippen LogP contribution in [-0.2, 0) is 11.8 Å². The summed E-state index contributed by atoms with van der Waals surface area (Å²) in [5.41, 5.74) is 7.64. The maximum Gasteiger partial charge on any atom is 0.266 e. The first-order valence-corrected chi connectivity index (χ1v) is 7.93. The standard InChI is InChI=1S/C14H20N4O2S/c1-8-7-18(5-4-6-20-8)13(19)12-11(15)10-9(2)16-17(3)14(10)21-12/h8H,4-7,15H2,1-3H3. The molecule has 1 atom stereocenters. The maximum absolute atomic E-state index is 12.8. The summed E-state index contributed by atoms with van der Waals surface area (Å²) in [6, 6.07) is 0. The summed E-state index contributed by atoms with van der Waals surface area (Å²) < 4.78 is 7.38. The van der Waals surface area contributed by atoms with E-state index < -0.39 is 0 Å². The Balaban J connectivity index is 1.97. The van der Waals surface area contributed by atoms with Crippen molar-refractivity contribution in [2.24, 2.45) is 7.05 Å². The Morgan fingerprint density at radius 2 is 2.29 bits per heavy atom. The Labute approximate surface area is 127 Å². The molecule has 2 aromatic heterocycles. The van der Waals surface area contributed by atoms with E-state index >= 15 is 0 Å². The van der Waals surface area contributed by atoms with Gasteiger partial charge in [-0.1, -0.05) is 0 Å². The number of amides is 1. The molecule has 3 rings (SSSR count). The number of fused-ring (bicyclic) bond motifs is 1. The fraction of sp³-hybridized carbons (Fsp3) is 0.571. The van der Waals surface area contributed by atoms with Crippen LogP contribution in [0.3, 0.4) is 0 Å². The lowest BCUT2D eigenvalue weighted by Gasteiger charge is -2.21. The number of carbonyl (C=O) groups excluding carboxylic acids is 1. The molecule has 114 valence electrons. The Morgan fingerprint density at radius 1 is 1.52 bits per heavy atom. The zero-order chi connectivity index (χ0) is 15.1. The van der Waals surface area contributed by atoms with Crippen LogP contribution in [0.25, 0.3) is 10.2 Å². The van der Waals surface area contributed by atoms with E-state index in [0.717, 1.165) is 22.3 Å². The smallest absolute Gasteiger partial charge is 0.266 e. The van der Waals surface area contributed by atoms with Crippen molar-refractivity contribution in [3.63, 3.8) is 0 Å². The number of thiophene rings is 1. The summed E-state index contributed by atoms with van der Waals surface area (Å²) in [5, 5.41) is 5.26. The summed E-state index contributed by atoms with van der Waals surface area (Å²) in [4.78, 5) is 16.2. The van der Waals surface area contributed by atoms with E-state index in [2.05, 4.69) is 5.10 Å². The van der Waals surface area contributed by atoms with Crippen LogP contribution in [0.15, 0.2) is 0 Å². The third-order valence-corrected chi connectivity index (χ3v) is 5.08. The van der Waals surface area contributed by atoms with Gasteiger partial charge in [-0.05, 0) is 20.3 Å². The van der Waals surface area contributed by atoms with Crippen LogP contribution in [0.5, 0.6) is 0 Å². The van der Waals surface area contributed by atoms with Crippen LogP contribution < -0.4 is 5.73 Å². The first-order chi connectivity index (χ1) is 9.99. The van der Waals surface area contributed by atoms with Gasteiger partial charge >= 0.3 is 0 Å². The number of hydrogen-bond donors (Lipinski definition) is 1. The number of anilines is 1. The van der Waals surface area contributed by atoms with Crippen LogP contribution in [0.2, 0.25) is 0 Å². The second kappa shape index (κ2) is 5.31. The van der Waals surface area contributed by atoms with Gasteiger partial charge in [0.1, 0.15) is 9.71 Å². The van der Waals surface area contributed by atoms with Gasteiger partial charge in [0.15, 0.2) is 0 Å². The van der Waals surface area contributed by atoms with Crippen LogP contribution in [0, 0.1) is 6.92 Å². The van der Waals surface area contributed by atoms with Gasteiger partial charge in [0.25, 0.3) is 5.91 Å². The molecule has 2 N–H and O–H groups in total. The average molecular weight is 308 g/mol. The highest BCUT2D eigenvalue weighted by molar-refractivity contribution is 7.21. The third kappa shape index (κ3) is 2.40. The predicted molar refractivity (Wildman–Crippen MR) is 83.7 cm³/mol. The monoisotopic (exact) mass is 308 g/mol. The Morgan fingerprint density at radius 3 is 3.00 bits per heavy atom. The minimum atomic E-state index is 0.00505. The number of aryl methyl sites for hydroxylation is 2. The molecule has 3 heterocycles. The predicted octanol–water partition coefficient (Wildman–Crippen LogP) is 1.78. The molecule has 7 heteroatoms. The molecule has 2 aromatic rings. The highest BCUT2D eigenvalue weighted by atomic mass is 32.1. The van der Waals surface area contributed by atoms with Crippen molar-refractivity contribution >= 4 is 33.1 Å². The molecular weight excluding hydrogens is 288 g/mol. The van der Waals surface area contributed by atoms with Gasteiger partial charge in [0.05, 0.1) is 22.9 Å². The zero-order valence-corrected chi connectivity index (χ0v) is 13.4. The second-order valence-electron chi connectivity index (χ2n) is 5.52. The second-order valence-corrected chi connectivity index (χ2v) is 6.52. The zero-order valence-electron chi connectivity index (χ0n) is 12.5. The minimum absolute atomic E-state index is 0.00505. The maximum atomic E-state index is 12.8. The Hall–Kier alpha value is -1.60. The summed E-state index contributed by atoms with van der Waals surface area (Å²) in [7, 11) is 1.88. The SMILES string of the molecule is Cc1nn(C)c2sc(C(=O)N3CCCOC(C)C3)c(N)c12. The lowest BCUT2D eigenvalue weighted by molar-refractivity contribution is 0.0566. The van der Waals surface area contributed by atoms with Crippen LogP contribution in [0.1, 0.15) is 28.7 Å². The topological polar surface area (TPSA) is 73.4 Å². The van der Waals surface area contributed by atoms with Crippen molar-refractivity contribution in [3.8, 4) is 0 Å². The van der Waals surface area contributed by atoms with Gasteiger partial charge < -0.3 is 15.4 Å². The van der Waals surface area contributed by atoms with Gasteiger partial charge in [0, 0.05) is 26.7 Å². The van der Waals surface area contributed by atoms with E-state index in [1.54, 1.807) is 4.68 Å². The van der Waals surface area contributed by atoms with E-state index in [4.69, 9.17) is 10.5 Å².